The Labute approximate surface area is 91.5 Å². The van der Waals surface area contributed by atoms with Gasteiger partial charge in [0.25, 0.3) is 0 Å². The molecule has 1 atom stereocenters. The highest BCUT2D eigenvalue weighted by Gasteiger charge is 2.41. The van der Waals surface area contributed by atoms with E-state index in [1.165, 1.54) is 12.1 Å². The highest BCUT2D eigenvalue weighted by molar-refractivity contribution is 5.73. The van der Waals surface area contributed by atoms with Crippen LogP contribution in [0.2, 0.25) is 0 Å². The van der Waals surface area contributed by atoms with E-state index in [-0.39, 0.29) is 5.56 Å². The summed E-state index contributed by atoms with van der Waals surface area (Å²) in [5.41, 5.74) is 0.904. The van der Waals surface area contributed by atoms with Crippen LogP contribution < -0.4 is 5.32 Å². The zero-order valence-corrected chi connectivity index (χ0v) is 8.93. The largest absolute Gasteiger partial charge is 0.412 e. The van der Waals surface area contributed by atoms with Crippen molar-refractivity contribution in [2.24, 2.45) is 0 Å². The Morgan fingerprint density at radius 2 is 1.75 bits per heavy atom. The fourth-order valence-corrected chi connectivity index (χ4v) is 1.32. The average Bonchev–Trinajstić information content (AvgIpc) is 2.14. The quantitative estimate of drug-likeness (QED) is 0.833. The fourth-order valence-electron chi connectivity index (χ4n) is 1.32. The third-order valence-corrected chi connectivity index (χ3v) is 2.09. The molecule has 2 nitrogen and oxygen atoms in total. The Balaban J connectivity index is 3.01. The number of benzene rings is 1. The van der Waals surface area contributed by atoms with E-state index >= 15 is 0 Å². The van der Waals surface area contributed by atoms with E-state index in [1.807, 2.05) is 5.32 Å². The van der Waals surface area contributed by atoms with Gasteiger partial charge in [-0.3, -0.25) is 4.79 Å². The van der Waals surface area contributed by atoms with E-state index < -0.39 is 18.1 Å². The fraction of sp³-hybridized carbons (Fsp3) is 0.364. The molecule has 1 N–H and O–H groups in total. The van der Waals surface area contributed by atoms with E-state index in [2.05, 4.69) is 0 Å². The molecule has 1 amide bonds. The number of nitrogens with one attached hydrogen (secondary N) is 1. The Bertz CT molecular complexity index is 370. The summed E-state index contributed by atoms with van der Waals surface area (Å²) in [6.07, 6.45) is -4.49. The molecule has 0 aliphatic carbocycles. The number of alkyl halides is 3. The van der Waals surface area contributed by atoms with Crippen LogP contribution in [0.4, 0.5) is 13.2 Å². The van der Waals surface area contributed by atoms with Gasteiger partial charge >= 0.3 is 6.18 Å². The van der Waals surface area contributed by atoms with Crippen molar-refractivity contribution in [3.05, 3.63) is 35.4 Å². The lowest BCUT2D eigenvalue weighted by Crippen LogP contribution is -2.36. The molecule has 0 fully saturated rings. The molecule has 0 saturated heterocycles. The van der Waals surface area contributed by atoms with Crippen LogP contribution in [0.3, 0.4) is 0 Å². The van der Waals surface area contributed by atoms with Crippen molar-refractivity contribution in [3.63, 3.8) is 0 Å². The Morgan fingerprint density at radius 3 is 2.12 bits per heavy atom. The smallest absolute Gasteiger partial charge is 0.341 e. The normalized spacial score (nSPS) is 13.3. The molecule has 1 aromatic carbocycles. The number of carbonyl (C=O) groups is 1. The van der Waals surface area contributed by atoms with Crippen LogP contribution >= 0.6 is 0 Å². The molecule has 88 valence electrons. The van der Waals surface area contributed by atoms with Gasteiger partial charge in [0.15, 0.2) is 6.04 Å². The molecule has 1 unspecified atom stereocenters. The minimum atomic E-state index is -4.49. The molecule has 1 rings (SSSR count). The van der Waals surface area contributed by atoms with Gasteiger partial charge in [-0.15, -0.1) is 0 Å². The number of rotatable bonds is 2. The minimum absolute atomic E-state index is 0.0355. The number of amides is 1. The monoisotopic (exact) mass is 231 g/mol. The van der Waals surface area contributed by atoms with Gasteiger partial charge in [0.2, 0.25) is 5.91 Å². The van der Waals surface area contributed by atoms with E-state index in [9.17, 15) is 18.0 Å². The second-order valence-electron chi connectivity index (χ2n) is 3.59. The summed E-state index contributed by atoms with van der Waals surface area (Å²) >= 11 is 0. The van der Waals surface area contributed by atoms with Crippen LogP contribution in [0.15, 0.2) is 24.3 Å². The molecule has 0 aliphatic heterocycles. The third-order valence-electron chi connectivity index (χ3n) is 2.09. The van der Waals surface area contributed by atoms with Crippen LogP contribution in [0.5, 0.6) is 0 Å². The lowest BCUT2D eigenvalue weighted by atomic mass is 10.0. The number of aryl methyl sites for hydroxylation is 1. The lowest BCUT2D eigenvalue weighted by Gasteiger charge is -2.21. The molecule has 0 aliphatic rings. The van der Waals surface area contributed by atoms with Crippen molar-refractivity contribution >= 4 is 5.91 Å². The summed E-state index contributed by atoms with van der Waals surface area (Å²) in [4.78, 5) is 10.7. The number of hydrogen-bond donors (Lipinski definition) is 1. The summed E-state index contributed by atoms with van der Waals surface area (Å²) in [6.45, 7) is 2.84. The molecule has 0 spiro atoms. The molecule has 0 radical (unpaired) electrons. The van der Waals surface area contributed by atoms with Gasteiger partial charge in [-0.1, -0.05) is 29.8 Å². The lowest BCUT2D eigenvalue weighted by molar-refractivity contribution is -0.162. The minimum Gasteiger partial charge on any atom is -0.341 e. The van der Waals surface area contributed by atoms with E-state index in [0.29, 0.717) is 0 Å². The summed E-state index contributed by atoms with van der Waals surface area (Å²) in [6, 6.07) is 3.95. The second-order valence-corrected chi connectivity index (χ2v) is 3.59. The van der Waals surface area contributed by atoms with Crippen molar-refractivity contribution in [1.29, 1.82) is 0 Å². The first-order valence-electron chi connectivity index (χ1n) is 4.71. The number of hydrogen-bond acceptors (Lipinski definition) is 1. The Kier molecular flexibility index (Phi) is 3.57. The standard InChI is InChI=1S/C11H12F3NO/c1-7-3-5-9(6-4-7)10(11(12,13)14)15-8(2)16/h3-6,10H,1-2H3,(H,15,16). The second kappa shape index (κ2) is 4.55. The Hall–Kier alpha value is -1.52. The van der Waals surface area contributed by atoms with Crippen molar-refractivity contribution in [3.8, 4) is 0 Å². The molecule has 16 heavy (non-hydrogen) atoms. The van der Waals surface area contributed by atoms with Crippen molar-refractivity contribution in [2.45, 2.75) is 26.1 Å². The van der Waals surface area contributed by atoms with Crippen LogP contribution in [-0.4, -0.2) is 12.1 Å². The predicted octanol–water partition coefficient (Wildman–Crippen LogP) is 2.73. The topological polar surface area (TPSA) is 29.1 Å². The maximum atomic E-state index is 12.7. The van der Waals surface area contributed by atoms with Gasteiger partial charge in [0.05, 0.1) is 0 Å². The van der Waals surface area contributed by atoms with E-state index in [0.717, 1.165) is 12.5 Å². The van der Waals surface area contributed by atoms with Gasteiger partial charge in [0.1, 0.15) is 0 Å². The third kappa shape index (κ3) is 3.25. The van der Waals surface area contributed by atoms with Gasteiger partial charge in [-0.25, -0.2) is 0 Å². The molecule has 1 aromatic rings. The molecule has 0 bridgehead atoms. The number of halogens is 3. The summed E-state index contributed by atoms with van der Waals surface area (Å²) in [7, 11) is 0. The van der Waals surface area contributed by atoms with Crippen LogP contribution in [0.25, 0.3) is 0 Å². The zero-order chi connectivity index (χ0) is 12.3. The first-order valence-corrected chi connectivity index (χ1v) is 4.71. The maximum Gasteiger partial charge on any atom is 0.412 e. The predicted molar refractivity (Wildman–Crippen MR) is 53.8 cm³/mol. The van der Waals surface area contributed by atoms with Crippen LogP contribution in [0.1, 0.15) is 24.1 Å². The summed E-state index contributed by atoms with van der Waals surface area (Å²) in [5.74, 6) is -0.706. The first kappa shape index (κ1) is 12.5. The van der Waals surface area contributed by atoms with Crippen LogP contribution in [0, 0.1) is 6.92 Å². The maximum absolute atomic E-state index is 12.7. The SMILES string of the molecule is CC(=O)NC(c1ccc(C)cc1)C(F)(F)F. The molecule has 0 heterocycles. The van der Waals surface area contributed by atoms with Crippen molar-refractivity contribution in [2.75, 3.05) is 0 Å². The van der Waals surface area contributed by atoms with Gasteiger partial charge in [-0.2, -0.15) is 13.2 Å². The van der Waals surface area contributed by atoms with Gasteiger partial charge in [0, 0.05) is 6.92 Å². The summed E-state index contributed by atoms with van der Waals surface area (Å²) in [5, 5.41) is 1.89. The first-order chi connectivity index (χ1) is 7.30. The van der Waals surface area contributed by atoms with Gasteiger partial charge < -0.3 is 5.32 Å². The van der Waals surface area contributed by atoms with Gasteiger partial charge in [-0.05, 0) is 12.5 Å². The Morgan fingerprint density at radius 1 is 1.25 bits per heavy atom. The number of carbonyl (C=O) groups excluding carboxylic acids is 1. The zero-order valence-electron chi connectivity index (χ0n) is 8.93. The molecule has 0 saturated carbocycles. The molecule has 0 aromatic heterocycles. The molecular weight excluding hydrogens is 219 g/mol. The highest BCUT2D eigenvalue weighted by Crippen LogP contribution is 2.32. The van der Waals surface area contributed by atoms with E-state index in [1.54, 1.807) is 19.1 Å². The van der Waals surface area contributed by atoms with Crippen LogP contribution in [-0.2, 0) is 4.79 Å². The average molecular weight is 231 g/mol. The van der Waals surface area contributed by atoms with Crippen molar-refractivity contribution in [1.82, 2.24) is 5.32 Å². The highest BCUT2D eigenvalue weighted by atomic mass is 19.4. The van der Waals surface area contributed by atoms with E-state index in [4.69, 9.17) is 0 Å². The molecular formula is C11H12F3NO. The van der Waals surface area contributed by atoms with Crippen molar-refractivity contribution < 1.29 is 18.0 Å². The summed E-state index contributed by atoms with van der Waals surface area (Å²) < 4.78 is 38.0. The molecule has 5 heteroatoms.